The summed E-state index contributed by atoms with van der Waals surface area (Å²) < 4.78 is 0. The van der Waals surface area contributed by atoms with Crippen LogP contribution in [-0.4, -0.2) is 26.2 Å². The average Bonchev–Trinajstić information content (AvgIpc) is 2.56. The summed E-state index contributed by atoms with van der Waals surface area (Å²) in [5, 5.41) is 9.18. The SMILES string of the molecule is Cc1cnc2nc(CCC(C)O)[nH]c2c1. The molecule has 0 saturated heterocycles. The first kappa shape index (κ1) is 10.1. The van der Waals surface area contributed by atoms with Gasteiger partial charge in [-0.05, 0) is 31.9 Å². The molecule has 15 heavy (non-hydrogen) atoms. The Morgan fingerprint density at radius 1 is 1.53 bits per heavy atom. The van der Waals surface area contributed by atoms with Gasteiger partial charge in [0, 0.05) is 12.6 Å². The number of hydrogen-bond donors (Lipinski definition) is 2. The van der Waals surface area contributed by atoms with Gasteiger partial charge in [0.15, 0.2) is 5.65 Å². The van der Waals surface area contributed by atoms with E-state index in [2.05, 4.69) is 15.0 Å². The monoisotopic (exact) mass is 205 g/mol. The molecular formula is C11H15N3O. The largest absolute Gasteiger partial charge is 0.393 e. The number of aromatic nitrogens is 3. The van der Waals surface area contributed by atoms with Gasteiger partial charge in [0.2, 0.25) is 0 Å². The molecule has 80 valence electrons. The van der Waals surface area contributed by atoms with Crippen molar-refractivity contribution in [2.75, 3.05) is 0 Å². The van der Waals surface area contributed by atoms with Gasteiger partial charge in [-0.25, -0.2) is 9.97 Å². The lowest BCUT2D eigenvalue weighted by Gasteiger charge is -1.99. The van der Waals surface area contributed by atoms with Crippen LogP contribution in [0.3, 0.4) is 0 Å². The molecule has 1 unspecified atom stereocenters. The number of aliphatic hydroxyl groups excluding tert-OH is 1. The number of aliphatic hydroxyl groups is 1. The van der Waals surface area contributed by atoms with E-state index in [4.69, 9.17) is 0 Å². The van der Waals surface area contributed by atoms with E-state index < -0.39 is 0 Å². The number of hydrogen-bond acceptors (Lipinski definition) is 3. The van der Waals surface area contributed by atoms with E-state index in [1.54, 1.807) is 6.92 Å². The number of nitrogens with one attached hydrogen (secondary N) is 1. The average molecular weight is 205 g/mol. The molecule has 4 heteroatoms. The van der Waals surface area contributed by atoms with Crippen molar-refractivity contribution in [3.8, 4) is 0 Å². The second-order valence-electron chi connectivity index (χ2n) is 3.96. The number of aryl methyl sites for hydroxylation is 2. The minimum absolute atomic E-state index is 0.284. The van der Waals surface area contributed by atoms with Crippen molar-refractivity contribution >= 4 is 11.2 Å². The summed E-state index contributed by atoms with van der Waals surface area (Å²) in [6, 6.07) is 2.03. The quantitative estimate of drug-likeness (QED) is 0.799. The van der Waals surface area contributed by atoms with Crippen molar-refractivity contribution in [3.05, 3.63) is 23.7 Å². The van der Waals surface area contributed by atoms with Gasteiger partial charge in [0.25, 0.3) is 0 Å². The highest BCUT2D eigenvalue weighted by Crippen LogP contribution is 2.11. The van der Waals surface area contributed by atoms with Crippen molar-refractivity contribution in [3.63, 3.8) is 0 Å². The third kappa shape index (κ3) is 2.33. The molecule has 2 rings (SSSR count). The van der Waals surface area contributed by atoms with Crippen molar-refractivity contribution in [2.45, 2.75) is 32.8 Å². The lowest BCUT2D eigenvalue weighted by Crippen LogP contribution is -2.02. The molecule has 0 aromatic carbocycles. The van der Waals surface area contributed by atoms with Crippen molar-refractivity contribution < 1.29 is 5.11 Å². The summed E-state index contributed by atoms with van der Waals surface area (Å²) in [6.07, 6.45) is 3.00. The molecule has 0 aliphatic rings. The van der Waals surface area contributed by atoms with Crippen molar-refractivity contribution in [1.82, 2.24) is 15.0 Å². The second-order valence-corrected chi connectivity index (χ2v) is 3.96. The van der Waals surface area contributed by atoms with Gasteiger partial charge in [0.05, 0.1) is 11.6 Å². The van der Waals surface area contributed by atoms with Crippen LogP contribution in [-0.2, 0) is 6.42 Å². The van der Waals surface area contributed by atoms with Gasteiger partial charge in [-0.15, -0.1) is 0 Å². The van der Waals surface area contributed by atoms with Crippen LogP contribution in [0.1, 0.15) is 24.7 Å². The van der Waals surface area contributed by atoms with Crippen molar-refractivity contribution in [2.24, 2.45) is 0 Å². The number of imidazole rings is 1. The first-order valence-electron chi connectivity index (χ1n) is 5.14. The van der Waals surface area contributed by atoms with Gasteiger partial charge in [-0.3, -0.25) is 0 Å². The molecule has 2 N–H and O–H groups in total. The van der Waals surface area contributed by atoms with E-state index >= 15 is 0 Å². The molecule has 0 aliphatic carbocycles. The van der Waals surface area contributed by atoms with Crippen LogP contribution < -0.4 is 0 Å². The maximum absolute atomic E-state index is 9.18. The zero-order valence-corrected chi connectivity index (χ0v) is 8.99. The predicted octanol–water partition coefficient (Wildman–Crippen LogP) is 1.58. The summed E-state index contributed by atoms with van der Waals surface area (Å²) in [5.74, 6) is 0.893. The van der Waals surface area contributed by atoms with Gasteiger partial charge in [-0.2, -0.15) is 0 Å². The Bertz CT molecular complexity index is 462. The fraction of sp³-hybridized carbons (Fsp3) is 0.455. The Kier molecular flexibility index (Phi) is 2.68. The Labute approximate surface area is 88.4 Å². The molecule has 0 bridgehead atoms. The summed E-state index contributed by atoms with van der Waals surface area (Å²) in [4.78, 5) is 11.8. The molecule has 0 saturated carbocycles. The summed E-state index contributed by atoms with van der Waals surface area (Å²) >= 11 is 0. The molecule has 0 aliphatic heterocycles. The van der Waals surface area contributed by atoms with Gasteiger partial charge < -0.3 is 10.1 Å². The van der Waals surface area contributed by atoms with E-state index in [-0.39, 0.29) is 6.10 Å². The fourth-order valence-corrected chi connectivity index (χ4v) is 1.52. The highest BCUT2D eigenvalue weighted by Gasteiger charge is 2.05. The molecule has 2 aromatic rings. The lowest BCUT2D eigenvalue weighted by molar-refractivity contribution is 0.184. The molecule has 2 aromatic heterocycles. The molecule has 0 amide bonds. The highest BCUT2D eigenvalue weighted by atomic mass is 16.3. The smallest absolute Gasteiger partial charge is 0.177 e. The zero-order valence-electron chi connectivity index (χ0n) is 8.99. The summed E-state index contributed by atoms with van der Waals surface area (Å²) in [6.45, 7) is 3.79. The van der Waals surface area contributed by atoms with E-state index in [0.29, 0.717) is 0 Å². The normalized spacial score (nSPS) is 13.3. The Morgan fingerprint density at radius 3 is 3.07 bits per heavy atom. The van der Waals surface area contributed by atoms with Crippen LogP contribution in [0.25, 0.3) is 11.2 Å². The Morgan fingerprint density at radius 2 is 2.33 bits per heavy atom. The second kappa shape index (κ2) is 3.98. The molecule has 2 heterocycles. The van der Waals surface area contributed by atoms with Crippen LogP contribution in [0.4, 0.5) is 0 Å². The van der Waals surface area contributed by atoms with Crippen LogP contribution >= 0.6 is 0 Å². The Balaban J connectivity index is 2.23. The van der Waals surface area contributed by atoms with Crippen LogP contribution in [0.2, 0.25) is 0 Å². The molecule has 0 fully saturated rings. The summed E-state index contributed by atoms with van der Waals surface area (Å²) in [7, 11) is 0. The molecule has 0 radical (unpaired) electrons. The van der Waals surface area contributed by atoms with E-state index in [9.17, 15) is 5.11 Å². The van der Waals surface area contributed by atoms with Crippen LogP contribution in [0, 0.1) is 6.92 Å². The lowest BCUT2D eigenvalue weighted by atomic mass is 10.2. The fourth-order valence-electron chi connectivity index (χ4n) is 1.52. The minimum atomic E-state index is -0.284. The highest BCUT2D eigenvalue weighted by molar-refractivity contribution is 5.70. The van der Waals surface area contributed by atoms with Crippen LogP contribution in [0.15, 0.2) is 12.3 Å². The summed E-state index contributed by atoms with van der Waals surface area (Å²) in [5.41, 5.74) is 2.84. The van der Waals surface area contributed by atoms with Gasteiger partial charge in [-0.1, -0.05) is 0 Å². The first-order chi connectivity index (χ1) is 7.15. The molecule has 1 atom stereocenters. The molecular weight excluding hydrogens is 190 g/mol. The number of rotatable bonds is 3. The van der Waals surface area contributed by atoms with Crippen LogP contribution in [0.5, 0.6) is 0 Å². The first-order valence-corrected chi connectivity index (χ1v) is 5.14. The number of fused-ring (bicyclic) bond motifs is 1. The minimum Gasteiger partial charge on any atom is -0.393 e. The number of H-pyrrole nitrogens is 1. The number of nitrogens with zero attached hydrogens (tertiary/aromatic N) is 2. The standard InChI is InChI=1S/C11H15N3O/c1-7-5-9-11(12-6-7)14-10(13-9)4-3-8(2)15/h5-6,8,15H,3-4H2,1-2H3,(H,12,13,14). The zero-order chi connectivity index (χ0) is 10.8. The topological polar surface area (TPSA) is 61.8 Å². The number of aromatic amines is 1. The van der Waals surface area contributed by atoms with Crippen molar-refractivity contribution in [1.29, 1.82) is 0 Å². The third-order valence-corrected chi connectivity index (χ3v) is 2.32. The third-order valence-electron chi connectivity index (χ3n) is 2.32. The Hall–Kier alpha value is -1.42. The van der Waals surface area contributed by atoms with Gasteiger partial charge >= 0.3 is 0 Å². The maximum Gasteiger partial charge on any atom is 0.177 e. The maximum atomic E-state index is 9.18. The molecule has 4 nitrogen and oxygen atoms in total. The van der Waals surface area contributed by atoms with E-state index in [0.717, 1.165) is 35.4 Å². The van der Waals surface area contributed by atoms with E-state index in [1.807, 2.05) is 19.2 Å². The number of pyridine rings is 1. The predicted molar refractivity (Wildman–Crippen MR) is 58.6 cm³/mol. The van der Waals surface area contributed by atoms with E-state index in [1.165, 1.54) is 0 Å². The van der Waals surface area contributed by atoms with Gasteiger partial charge in [0.1, 0.15) is 5.82 Å². The molecule has 0 spiro atoms.